The summed E-state index contributed by atoms with van der Waals surface area (Å²) in [6, 6.07) is 7.07. The molecule has 6 nitrogen and oxygen atoms in total. The van der Waals surface area contributed by atoms with Gasteiger partial charge in [-0.05, 0) is 70.0 Å². The number of amides is 1. The van der Waals surface area contributed by atoms with Crippen LogP contribution in [-0.4, -0.2) is 52.6 Å². The molecule has 3 aromatic rings. The smallest absolute Gasteiger partial charge is 0.410 e. The number of carbonyl (C=O) groups is 1. The van der Waals surface area contributed by atoms with Crippen LogP contribution in [-0.2, 0) is 11.3 Å². The average molecular weight is 501 g/mol. The predicted octanol–water partition coefficient (Wildman–Crippen LogP) is 6.02. The molecule has 36 heavy (non-hydrogen) atoms. The van der Waals surface area contributed by atoms with Gasteiger partial charge in [-0.3, -0.25) is 4.68 Å². The number of aromatic nitrogens is 2. The van der Waals surface area contributed by atoms with Gasteiger partial charge in [0.2, 0.25) is 0 Å². The normalized spacial score (nSPS) is 14.3. The summed E-state index contributed by atoms with van der Waals surface area (Å²) in [4.78, 5) is 16.1. The molecule has 0 spiro atoms. The summed E-state index contributed by atoms with van der Waals surface area (Å²) in [6.07, 6.45) is 1.45. The van der Waals surface area contributed by atoms with Crippen molar-refractivity contribution in [3.05, 3.63) is 59.7 Å². The molecule has 1 fully saturated rings. The molecular weight excluding hydrogens is 469 g/mol. The number of carbonyl (C=O) groups excluding carboxylic acids is 1. The van der Waals surface area contributed by atoms with Crippen LogP contribution in [0.15, 0.2) is 36.5 Å². The van der Waals surface area contributed by atoms with E-state index in [0.717, 1.165) is 23.4 Å². The molecule has 4 rings (SSSR count). The summed E-state index contributed by atoms with van der Waals surface area (Å²) >= 11 is 0. The third kappa shape index (κ3) is 5.20. The van der Waals surface area contributed by atoms with Crippen LogP contribution in [0.3, 0.4) is 0 Å². The summed E-state index contributed by atoms with van der Waals surface area (Å²) in [6.45, 7) is 11.8. The quantitative estimate of drug-likeness (QED) is 0.411. The lowest BCUT2D eigenvalue weighted by Crippen LogP contribution is -2.50. The molecule has 9 heteroatoms. The van der Waals surface area contributed by atoms with Gasteiger partial charge >= 0.3 is 6.09 Å². The SMILES string of the molecule is CCn1cc(-c2ccc(N3CCN(C(=O)OC(C)(C)C)CC3)cc2-c2c(F)ccc(F)c2F)c(C)n1. The van der Waals surface area contributed by atoms with Gasteiger partial charge in [-0.15, -0.1) is 0 Å². The van der Waals surface area contributed by atoms with E-state index in [9.17, 15) is 18.0 Å². The minimum atomic E-state index is -1.23. The van der Waals surface area contributed by atoms with E-state index in [1.165, 1.54) is 0 Å². The number of piperazine rings is 1. The standard InChI is InChI=1S/C27H31F3N4O2/c1-6-34-16-21(17(2)31-34)19-8-7-18(15-20(19)24-22(28)9-10-23(29)25(24)30)32-11-13-33(14-12-32)26(35)36-27(3,4)5/h7-10,15-16H,6,11-14H2,1-5H3. The Morgan fingerprint density at radius 3 is 2.25 bits per heavy atom. The highest BCUT2D eigenvalue weighted by atomic mass is 19.2. The van der Waals surface area contributed by atoms with Gasteiger partial charge in [0.1, 0.15) is 11.4 Å². The number of anilines is 1. The summed E-state index contributed by atoms with van der Waals surface area (Å²) in [5, 5.41) is 4.46. The van der Waals surface area contributed by atoms with Gasteiger partial charge in [-0.1, -0.05) is 6.07 Å². The van der Waals surface area contributed by atoms with Crippen LogP contribution in [0.25, 0.3) is 22.3 Å². The summed E-state index contributed by atoms with van der Waals surface area (Å²) in [7, 11) is 0. The van der Waals surface area contributed by atoms with Crippen LogP contribution in [0.5, 0.6) is 0 Å². The molecular formula is C27H31F3N4O2. The highest BCUT2D eigenvalue weighted by Gasteiger charge is 2.27. The van der Waals surface area contributed by atoms with E-state index in [1.807, 2.05) is 51.8 Å². The van der Waals surface area contributed by atoms with E-state index in [2.05, 4.69) is 5.10 Å². The molecule has 0 unspecified atom stereocenters. The van der Waals surface area contributed by atoms with Crippen LogP contribution in [0.1, 0.15) is 33.4 Å². The first kappa shape index (κ1) is 25.6. The number of hydrogen-bond acceptors (Lipinski definition) is 4. The van der Waals surface area contributed by atoms with Crippen molar-refractivity contribution in [2.24, 2.45) is 0 Å². The molecule has 1 amide bonds. The fourth-order valence-corrected chi connectivity index (χ4v) is 4.36. The average Bonchev–Trinajstić information content (AvgIpc) is 3.21. The second-order valence-electron chi connectivity index (χ2n) is 9.89. The molecule has 192 valence electrons. The third-order valence-corrected chi connectivity index (χ3v) is 6.17. The monoisotopic (exact) mass is 500 g/mol. The number of halogens is 3. The van der Waals surface area contributed by atoms with Crippen molar-refractivity contribution >= 4 is 11.8 Å². The van der Waals surface area contributed by atoms with E-state index < -0.39 is 28.6 Å². The molecule has 0 aliphatic carbocycles. The Hall–Kier alpha value is -3.49. The predicted molar refractivity (Wildman–Crippen MR) is 133 cm³/mol. The molecule has 1 aliphatic rings. The number of ether oxygens (including phenoxy) is 1. The molecule has 0 bridgehead atoms. The van der Waals surface area contributed by atoms with E-state index in [4.69, 9.17) is 4.74 Å². The highest BCUT2D eigenvalue weighted by molar-refractivity contribution is 5.87. The molecule has 2 aromatic carbocycles. The number of hydrogen-bond donors (Lipinski definition) is 0. The van der Waals surface area contributed by atoms with Gasteiger partial charge in [0.15, 0.2) is 11.6 Å². The molecule has 2 heterocycles. The molecule has 0 atom stereocenters. The zero-order valence-electron chi connectivity index (χ0n) is 21.2. The number of nitrogens with zero attached hydrogens (tertiary/aromatic N) is 4. The maximum Gasteiger partial charge on any atom is 0.410 e. The lowest BCUT2D eigenvalue weighted by molar-refractivity contribution is 0.0240. The van der Waals surface area contributed by atoms with Crippen molar-refractivity contribution in [1.29, 1.82) is 0 Å². The Labute approximate surface area is 209 Å². The number of aryl methyl sites for hydroxylation is 2. The van der Waals surface area contributed by atoms with Crippen molar-refractivity contribution in [3.63, 3.8) is 0 Å². The molecule has 0 saturated carbocycles. The fourth-order valence-electron chi connectivity index (χ4n) is 4.36. The van der Waals surface area contributed by atoms with E-state index in [0.29, 0.717) is 44.0 Å². The molecule has 1 aliphatic heterocycles. The summed E-state index contributed by atoms with van der Waals surface area (Å²) in [5.74, 6) is -3.19. The lowest BCUT2D eigenvalue weighted by Gasteiger charge is -2.37. The molecule has 1 saturated heterocycles. The topological polar surface area (TPSA) is 50.6 Å². The number of benzene rings is 2. The zero-order valence-corrected chi connectivity index (χ0v) is 21.2. The fraction of sp³-hybridized carbons (Fsp3) is 0.407. The molecule has 0 N–H and O–H groups in total. The third-order valence-electron chi connectivity index (χ3n) is 6.17. The van der Waals surface area contributed by atoms with Crippen LogP contribution in [0, 0.1) is 24.4 Å². The Bertz CT molecular complexity index is 1270. The first-order valence-corrected chi connectivity index (χ1v) is 12.0. The maximum absolute atomic E-state index is 15.0. The second kappa shape index (κ2) is 9.87. The minimum Gasteiger partial charge on any atom is -0.444 e. The van der Waals surface area contributed by atoms with Gasteiger partial charge in [-0.2, -0.15) is 5.10 Å². The van der Waals surface area contributed by atoms with Crippen LogP contribution in [0.2, 0.25) is 0 Å². The first-order chi connectivity index (χ1) is 17.0. The van der Waals surface area contributed by atoms with Crippen molar-refractivity contribution in [1.82, 2.24) is 14.7 Å². The minimum absolute atomic E-state index is 0.246. The highest BCUT2D eigenvalue weighted by Crippen LogP contribution is 2.39. The van der Waals surface area contributed by atoms with E-state index in [-0.39, 0.29) is 11.7 Å². The van der Waals surface area contributed by atoms with Gasteiger partial charge in [0.05, 0.1) is 11.3 Å². The lowest BCUT2D eigenvalue weighted by atomic mass is 9.93. The molecule has 0 radical (unpaired) electrons. The van der Waals surface area contributed by atoms with Gasteiger partial charge in [0.25, 0.3) is 0 Å². The Morgan fingerprint density at radius 1 is 0.972 bits per heavy atom. The van der Waals surface area contributed by atoms with Gasteiger partial charge in [0, 0.05) is 50.2 Å². The zero-order chi connectivity index (χ0) is 26.2. The van der Waals surface area contributed by atoms with Gasteiger partial charge < -0.3 is 14.5 Å². The van der Waals surface area contributed by atoms with Crippen molar-refractivity contribution in [3.8, 4) is 22.3 Å². The Balaban J connectivity index is 1.71. The Kier molecular flexibility index (Phi) is 7.02. The van der Waals surface area contributed by atoms with Crippen LogP contribution in [0.4, 0.5) is 23.7 Å². The van der Waals surface area contributed by atoms with E-state index in [1.54, 1.807) is 21.7 Å². The van der Waals surface area contributed by atoms with Gasteiger partial charge in [-0.25, -0.2) is 18.0 Å². The van der Waals surface area contributed by atoms with E-state index >= 15 is 0 Å². The Morgan fingerprint density at radius 2 is 1.64 bits per heavy atom. The maximum atomic E-state index is 15.0. The van der Waals surface area contributed by atoms with Crippen LogP contribution >= 0.6 is 0 Å². The first-order valence-electron chi connectivity index (χ1n) is 12.0. The largest absolute Gasteiger partial charge is 0.444 e. The second-order valence-corrected chi connectivity index (χ2v) is 9.89. The van der Waals surface area contributed by atoms with Crippen molar-refractivity contribution < 1.29 is 22.7 Å². The van der Waals surface area contributed by atoms with Crippen molar-refractivity contribution in [2.75, 3.05) is 31.1 Å². The van der Waals surface area contributed by atoms with Crippen molar-refractivity contribution in [2.45, 2.75) is 46.8 Å². The molecule has 1 aromatic heterocycles. The van der Waals surface area contributed by atoms with Crippen LogP contribution < -0.4 is 4.90 Å². The summed E-state index contributed by atoms with van der Waals surface area (Å²) < 4.78 is 51.3. The number of rotatable bonds is 4. The summed E-state index contributed by atoms with van der Waals surface area (Å²) in [5.41, 5.74) is 1.96.